The minimum absolute atomic E-state index is 0.0347. The number of hydrogen-bond donors (Lipinski definition) is 1. The number of rotatable bonds is 8. The first kappa shape index (κ1) is 19.8. The van der Waals surface area contributed by atoms with Gasteiger partial charge in [0.25, 0.3) is 5.69 Å². The van der Waals surface area contributed by atoms with Crippen LogP contribution in [0.4, 0.5) is 11.4 Å². The number of carbonyl (C=O) groups excluding carboxylic acids is 1. The zero-order chi connectivity index (χ0) is 19.1. The molecule has 0 bridgehead atoms. The predicted octanol–water partition coefficient (Wildman–Crippen LogP) is 4.81. The zero-order valence-electron chi connectivity index (χ0n) is 15.0. The van der Waals surface area contributed by atoms with E-state index in [2.05, 4.69) is 5.32 Å². The largest absolute Gasteiger partial charge is 0.494 e. The maximum atomic E-state index is 12.4. The summed E-state index contributed by atoms with van der Waals surface area (Å²) < 4.78 is 5.58. The second kappa shape index (κ2) is 9.24. The van der Waals surface area contributed by atoms with Crippen molar-refractivity contribution in [1.29, 1.82) is 0 Å². The molecule has 26 heavy (non-hydrogen) atoms. The van der Waals surface area contributed by atoms with Gasteiger partial charge in [-0.2, -0.15) is 0 Å². The van der Waals surface area contributed by atoms with E-state index in [0.717, 1.165) is 28.3 Å². The van der Waals surface area contributed by atoms with Crippen LogP contribution in [0.1, 0.15) is 25.8 Å². The van der Waals surface area contributed by atoms with Crippen molar-refractivity contribution in [1.82, 2.24) is 0 Å². The number of hydrogen-bond acceptors (Lipinski definition) is 5. The van der Waals surface area contributed by atoms with E-state index in [4.69, 9.17) is 4.74 Å². The third-order valence-corrected chi connectivity index (χ3v) is 4.77. The fourth-order valence-corrected chi connectivity index (χ4v) is 3.09. The van der Waals surface area contributed by atoms with Crippen molar-refractivity contribution in [3.63, 3.8) is 0 Å². The highest BCUT2D eigenvalue weighted by atomic mass is 32.2. The molecule has 1 unspecified atom stereocenters. The number of benzene rings is 2. The van der Waals surface area contributed by atoms with E-state index in [-0.39, 0.29) is 16.8 Å². The molecule has 7 heteroatoms. The van der Waals surface area contributed by atoms with Gasteiger partial charge in [-0.15, -0.1) is 11.8 Å². The molecule has 2 rings (SSSR count). The summed E-state index contributed by atoms with van der Waals surface area (Å²) in [6, 6.07) is 11.8. The molecule has 0 fully saturated rings. The first-order valence-corrected chi connectivity index (χ1v) is 9.24. The van der Waals surface area contributed by atoms with Gasteiger partial charge in [-0.25, -0.2) is 0 Å². The molecule has 0 saturated heterocycles. The summed E-state index contributed by atoms with van der Waals surface area (Å²) in [4.78, 5) is 23.5. The second-order valence-electron chi connectivity index (χ2n) is 5.83. The van der Waals surface area contributed by atoms with E-state index in [0.29, 0.717) is 6.61 Å². The monoisotopic (exact) mass is 374 g/mol. The van der Waals surface area contributed by atoms with Gasteiger partial charge in [0.2, 0.25) is 5.91 Å². The quantitative estimate of drug-likeness (QED) is 0.407. The lowest BCUT2D eigenvalue weighted by Crippen LogP contribution is -2.22. The Morgan fingerprint density at radius 2 is 1.96 bits per heavy atom. The molecule has 0 aliphatic heterocycles. The molecule has 1 amide bonds. The van der Waals surface area contributed by atoms with Gasteiger partial charge in [0.05, 0.1) is 16.8 Å². The highest BCUT2D eigenvalue weighted by Gasteiger charge is 2.16. The van der Waals surface area contributed by atoms with Crippen molar-refractivity contribution < 1.29 is 14.5 Å². The van der Waals surface area contributed by atoms with Crippen molar-refractivity contribution in [2.75, 3.05) is 11.9 Å². The number of nitrogens with one attached hydrogen (secondary N) is 1. The number of nitrogens with zero attached hydrogens (tertiary/aromatic N) is 1. The van der Waals surface area contributed by atoms with Crippen LogP contribution < -0.4 is 10.1 Å². The first-order valence-electron chi connectivity index (χ1n) is 8.36. The Balaban J connectivity index is 1.97. The summed E-state index contributed by atoms with van der Waals surface area (Å²) >= 11 is 1.35. The summed E-state index contributed by atoms with van der Waals surface area (Å²) in [6.45, 7) is 6.43. The Morgan fingerprint density at radius 3 is 2.54 bits per heavy atom. The Kier molecular flexibility index (Phi) is 7.03. The second-order valence-corrected chi connectivity index (χ2v) is 7.24. The van der Waals surface area contributed by atoms with Crippen molar-refractivity contribution >= 4 is 29.0 Å². The van der Waals surface area contributed by atoms with Gasteiger partial charge < -0.3 is 10.1 Å². The molecule has 0 aliphatic carbocycles. The number of non-ortho nitro benzene ring substituents is 1. The third-order valence-electron chi connectivity index (χ3n) is 3.66. The molecule has 1 N–H and O–H groups in total. The van der Waals surface area contributed by atoms with Crippen LogP contribution in [0.3, 0.4) is 0 Å². The predicted molar refractivity (Wildman–Crippen MR) is 104 cm³/mol. The minimum atomic E-state index is -0.443. The average Bonchev–Trinajstić information content (AvgIpc) is 2.62. The Morgan fingerprint density at radius 1 is 1.27 bits per heavy atom. The number of ether oxygens (including phenoxy) is 1. The van der Waals surface area contributed by atoms with E-state index in [1.807, 2.05) is 32.0 Å². The van der Waals surface area contributed by atoms with Crippen molar-refractivity contribution in [2.24, 2.45) is 0 Å². The van der Waals surface area contributed by atoms with Gasteiger partial charge in [-0.3, -0.25) is 14.9 Å². The normalized spacial score (nSPS) is 11.7. The fourth-order valence-electron chi connectivity index (χ4n) is 2.22. The number of amides is 1. The standard InChI is InChI=1S/C19H22N2O4S/c1-4-11-25-16-7-10-18(13(2)12-16)20-19(22)14(3)26-17-8-5-15(6-9-17)21(23)24/h5-10,12,14H,4,11H2,1-3H3,(H,20,22). The van der Waals surface area contributed by atoms with Crippen molar-refractivity contribution in [3.05, 3.63) is 58.1 Å². The van der Waals surface area contributed by atoms with Gasteiger partial charge in [-0.05, 0) is 56.2 Å². The van der Waals surface area contributed by atoms with Crippen LogP contribution in [0.2, 0.25) is 0 Å². The van der Waals surface area contributed by atoms with Gasteiger partial charge in [0.15, 0.2) is 0 Å². The van der Waals surface area contributed by atoms with Crippen molar-refractivity contribution in [3.8, 4) is 5.75 Å². The molecule has 0 aliphatic rings. The number of aryl methyl sites for hydroxylation is 1. The van der Waals surface area contributed by atoms with Crippen LogP contribution in [-0.4, -0.2) is 22.7 Å². The summed E-state index contributed by atoms with van der Waals surface area (Å²) in [5.41, 5.74) is 1.71. The van der Waals surface area contributed by atoms with Crippen LogP contribution in [0.5, 0.6) is 5.75 Å². The maximum absolute atomic E-state index is 12.4. The SMILES string of the molecule is CCCOc1ccc(NC(=O)C(C)Sc2ccc([N+](=O)[O-])cc2)c(C)c1. The highest BCUT2D eigenvalue weighted by molar-refractivity contribution is 8.00. The van der Waals surface area contributed by atoms with Gasteiger partial charge in [0.1, 0.15) is 5.75 Å². The molecule has 138 valence electrons. The lowest BCUT2D eigenvalue weighted by molar-refractivity contribution is -0.384. The third kappa shape index (κ3) is 5.49. The highest BCUT2D eigenvalue weighted by Crippen LogP contribution is 2.27. The molecule has 0 spiro atoms. The lowest BCUT2D eigenvalue weighted by Gasteiger charge is -2.14. The van der Waals surface area contributed by atoms with Crippen LogP contribution in [0, 0.1) is 17.0 Å². The maximum Gasteiger partial charge on any atom is 0.269 e. The number of thioether (sulfide) groups is 1. The summed E-state index contributed by atoms with van der Waals surface area (Å²) in [5, 5.41) is 13.3. The van der Waals surface area contributed by atoms with Gasteiger partial charge in [-0.1, -0.05) is 6.92 Å². The number of nitro groups is 1. The molecule has 2 aromatic carbocycles. The fraction of sp³-hybridized carbons (Fsp3) is 0.316. The molecular formula is C19H22N2O4S. The Labute approximate surface area is 157 Å². The molecule has 6 nitrogen and oxygen atoms in total. The van der Waals surface area contributed by atoms with Gasteiger partial charge in [0, 0.05) is 22.7 Å². The summed E-state index contributed by atoms with van der Waals surface area (Å²) in [6.07, 6.45) is 0.939. The molecule has 1 atom stereocenters. The molecule has 0 heterocycles. The van der Waals surface area contributed by atoms with Crippen LogP contribution >= 0.6 is 11.8 Å². The lowest BCUT2D eigenvalue weighted by atomic mass is 10.2. The van der Waals surface area contributed by atoms with E-state index in [9.17, 15) is 14.9 Å². The van der Waals surface area contributed by atoms with E-state index >= 15 is 0 Å². The molecule has 2 aromatic rings. The summed E-state index contributed by atoms with van der Waals surface area (Å²) in [7, 11) is 0. The number of nitro benzene ring substituents is 1. The van der Waals surface area contributed by atoms with E-state index in [1.165, 1.54) is 23.9 Å². The zero-order valence-corrected chi connectivity index (χ0v) is 15.8. The average molecular weight is 374 g/mol. The van der Waals surface area contributed by atoms with Crippen LogP contribution in [-0.2, 0) is 4.79 Å². The topological polar surface area (TPSA) is 81.5 Å². The van der Waals surface area contributed by atoms with Crippen molar-refractivity contribution in [2.45, 2.75) is 37.3 Å². The number of anilines is 1. The molecule has 0 aromatic heterocycles. The Bertz CT molecular complexity index is 778. The molecular weight excluding hydrogens is 352 g/mol. The van der Waals surface area contributed by atoms with Gasteiger partial charge >= 0.3 is 0 Å². The van der Waals surface area contributed by atoms with E-state index < -0.39 is 4.92 Å². The smallest absolute Gasteiger partial charge is 0.269 e. The Hall–Kier alpha value is -2.54. The van der Waals surface area contributed by atoms with E-state index in [1.54, 1.807) is 19.1 Å². The summed E-state index contributed by atoms with van der Waals surface area (Å²) in [5.74, 6) is 0.661. The minimum Gasteiger partial charge on any atom is -0.494 e. The molecule has 0 radical (unpaired) electrons. The molecule has 0 saturated carbocycles. The van der Waals surface area contributed by atoms with Crippen LogP contribution in [0.15, 0.2) is 47.4 Å². The van der Waals surface area contributed by atoms with Crippen LogP contribution in [0.25, 0.3) is 0 Å². The number of carbonyl (C=O) groups is 1. The first-order chi connectivity index (χ1) is 12.4.